The van der Waals surface area contributed by atoms with Crippen LogP contribution in [0.2, 0.25) is 0 Å². The first-order valence-electron chi connectivity index (χ1n) is 9.62. The van der Waals surface area contributed by atoms with Gasteiger partial charge in [0.25, 0.3) is 0 Å². The summed E-state index contributed by atoms with van der Waals surface area (Å²) < 4.78 is 5.87. The SMILES string of the molecule is O=C1NCCN(Cc2ccc(OCc3ccccc3)cc2)C1c1ccccc1. The highest BCUT2D eigenvalue weighted by atomic mass is 16.5. The largest absolute Gasteiger partial charge is 0.489 e. The Morgan fingerprint density at radius 2 is 1.54 bits per heavy atom. The molecule has 3 aromatic rings. The van der Waals surface area contributed by atoms with Crippen LogP contribution in [-0.4, -0.2) is 23.9 Å². The van der Waals surface area contributed by atoms with Gasteiger partial charge in [-0.3, -0.25) is 9.69 Å². The minimum absolute atomic E-state index is 0.0697. The fourth-order valence-electron chi connectivity index (χ4n) is 3.55. The van der Waals surface area contributed by atoms with Crippen molar-refractivity contribution < 1.29 is 9.53 Å². The zero-order valence-corrected chi connectivity index (χ0v) is 15.8. The molecule has 1 saturated heterocycles. The molecular weight excluding hydrogens is 348 g/mol. The second-order valence-corrected chi connectivity index (χ2v) is 6.99. The molecule has 142 valence electrons. The molecule has 3 aromatic carbocycles. The van der Waals surface area contributed by atoms with Gasteiger partial charge in [0.1, 0.15) is 18.4 Å². The summed E-state index contributed by atoms with van der Waals surface area (Å²) in [6, 6.07) is 28.0. The molecule has 28 heavy (non-hydrogen) atoms. The second kappa shape index (κ2) is 8.72. The van der Waals surface area contributed by atoms with E-state index in [2.05, 4.69) is 34.5 Å². The van der Waals surface area contributed by atoms with Crippen molar-refractivity contribution in [2.75, 3.05) is 13.1 Å². The van der Waals surface area contributed by atoms with Crippen LogP contribution in [0.15, 0.2) is 84.9 Å². The van der Waals surface area contributed by atoms with Crippen LogP contribution in [0.1, 0.15) is 22.7 Å². The first-order chi connectivity index (χ1) is 13.8. The van der Waals surface area contributed by atoms with Crippen molar-refractivity contribution in [3.63, 3.8) is 0 Å². The van der Waals surface area contributed by atoms with E-state index in [9.17, 15) is 4.79 Å². The van der Waals surface area contributed by atoms with E-state index in [4.69, 9.17) is 4.74 Å². The van der Waals surface area contributed by atoms with E-state index in [0.29, 0.717) is 13.2 Å². The summed E-state index contributed by atoms with van der Waals surface area (Å²) in [5, 5.41) is 2.99. The van der Waals surface area contributed by atoms with Crippen molar-refractivity contribution in [1.29, 1.82) is 0 Å². The van der Waals surface area contributed by atoms with E-state index in [-0.39, 0.29) is 11.9 Å². The number of carbonyl (C=O) groups is 1. The number of nitrogens with one attached hydrogen (secondary N) is 1. The van der Waals surface area contributed by atoms with Crippen LogP contribution in [0, 0.1) is 0 Å². The maximum atomic E-state index is 12.5. The monoisotopic (exact) mass is 372 g/mol. The Hall–Kier alpha value is -3.11. The molecule has 1 atom stereocenters. The molecule has 4 rings (SSSR count). The molecule has 0 bridgehead atoms. The van der Waals surface area contributed by atoms with Crippen molar-refractivity contribution in [2.24, 2.45) is 0 Å². The number of amides is 1. The van der Waals surface area contributed by atoms with Crippen molar-refractivity contribution in [1.82, 2.24) is 10.2 Å². The number of hydrogen-bond acceptors (Lipinski definition) is 3. The molecule has 0 radical (unpaired) electrons. The zero-order valence-electron chi connectivity index (χ0n) is 15.8. The van der Waals surface area contributed by atoms with Crippen LogP contribution in [-0.2, 0) is 17.9 Å². The van der Waals surface area contributed by atoms with Gasteiger partial charge in [-0.1, -0.05) is 72.8 Å². The molecular formula is C24H24N2O2. The smallest absolute Gasteiger partial charge is 0.242 e. The van der Waals surface area contributed by atoms with Gasteiger partial charge in [-0.2, -0.15) is 0 Å². The Bertz CT molecular complexity index is 895. The Morgan fingerprint density at radius 1 is 0.857 bits per heavy atom. The molecule has 1 amide bonds. The average Bonchev–Trinajstić information content (AvgIpc) is 2.75. The van der Waals surface area contributed by atoms with Gasteiger partial charge >= 0.3 is 0 Å². The summed E-state index contributed by atoms with van der Waals surface area (Å²) in [5.74, 6) is 0.920. The predicted octanol–water partition coefficient (Wildman–Crippen LogP) is 3.94. The van der Waals surface area contributed by atoms with Crippen molar-refractivity contribution in [3.8, 4) is 5.75 Å². The summed E-state index contributed by atoms with van der Waals surface area (Å²) in [5.41, 5.74) is 3.35. The Morgan fingerprint density at radius 3 is 2.25 bits per heavy atom. The summed E-state index contributed by atoms with van der Waals surface area (Å²) >= 11 is 0. The second-order valence-electron chi connectivity index (χ2n) is 6.99. The molecule has 0 saturated carbocycles. The maximum Gasteiger partial charge on any atom is 0.242 e. The minimum Gasteiger partial charge on any atom is -0.489 e. The fraction of sp³-hybridized carbons (Fsp3) is 0.208. The van der Waals surface area contributed by atoms with Crippen LogP contribution < -0.4 is 10.1 Å². The van der Waals surface area contributed by atoms with Crippen LogP contribution >= 0.6 is 0 Å². The summed E-state index contributed by atoms with van der Waals surface area (Å²) in [6.07, 6.45) is 0. The number of nitrogens with zero attached hydrogens (tertiary/aromatic N) is 1. The van der Waals surface area contributed by atoms with E-state index in [0.717, 1.165) is 30.0 Å². The van der Waals surface area contributed by atoms with Crippen molar-refractivity contribution in [2.45, 2.75) is 19.2 Å². The van der Waals surface area contributed by atoms with E-state index in [1.54, 1.807) is 0 Å². The lowest BCUT2D eigenvalue weighted by atomic mass is 10.0. The summed E-state index contributed by atoms with van der Waals surface area (Å²) in [7, 11) is 0. The third-order valence-electron chi connectivity index (χ3n) is 4.98. The van der Waals surface area contributed by atoms with Crippen LogP contribution in [0.3, 0.4) is 0 Å². The highest BCUT2D eigenvalue weighted by molar-refractivity contribution is 5.83. The molecule has 4 nitrogen and oxygen atoms in total. The van der Waals surface area contributed by atoms with Crippen molar-refractivity contribution >= 4 is 5.91 Å². The zero-order chi connectivity index (χ0) is 19.2. The standard InChI is InChI=1S/C24H24N2O2/c27-24-23(21-9-5-2-6-10-21)26(16-15-25-24)17-19-11-13-22(14-12-19)28-18-20-7-3-1-4-8-20/h1-14,23H,15-18H2,(H,25,27). The predicted molar refractivity (Wildman–Crippen MR) is 110 cm³/mol. The van der Waals surface area contributed by atoms with Gasteiger partial charge in [-0.05, 0) is 28.8 Å². The third kappa shape index (κ3) is 4.41. The number of carbonyl (C=O) groups excluding carboxylic acids is 1. The van der Waals surface area contributed by atoms with E-state index >= 15 is 0 Å². The van der Waals surface area contributed by atoms with Gasteiger partial charge in [-0.25, -0.2) is 0 Å². The lowest BCUT2D eigenvalue weighted by Crippen LogP contribution is -2.49. The number of hydrogen-bond donors (Lipinski definition) is 1. The first kappa shape index (κ1) is 18.3. The summed E-state index contributed by atoms with van der Waals surface area (Å²) in [6.45, 7) is 2.80. The Labute approximate surface area is 165 Å². The number of piperazine rings is 1. The molecule has 1 aliphatic heterocycles. The number of rotatable bonds is 6. The lowest BCUT2D eigenvalue weighted by molar-refractivity contribution is -0.129. The minimum atomic E-state index is -0.246. The molecule has 0 aliphatic carbocycles. The molecule has 1 aliphatic rings. The average molecular weight is 372 g/mol. The quantitative estimate of drug-likeness (QED) is 0.713. The van der Waals surface area contributed by atoms with Gasteiger partial charge in [0, 0.05) is 19.6 Å². The van der Waals surface area contributed by atoms with Gasteiger partial charge < -0.3 is 10.1 Å². The molecule has 1 fully saturated rings. The van der Waals surface area contributed by atoms with Crippen LogP contribution in [0.25, 0.3) is 0 Å². The molecule has 1 heterocycles. The van der Waals surface area contributed by atoms with Crippen LogP contribution in [0.4, 0.5) is 0 Å². The topological polar surface area (TPSA) is 41.6 Å². The highest BCUT2D eigenvalue weighted by Crippen LogP contribution is 2.25. The number of ether oxygens (including phenoxy) is 1. The van der Waals surface area contributed by atoms with Gasteiger partial charge in [0.15, 0.2) is 0 Å². The van der Waals surface area contributed by atoms with Crippen molar-refractivity contribution in [3.05, 3.63) is 102 Å². The first-order valence-corrected chi connectivity index (χ1v) is 9.62. The Kier molecular flexibility index (Phi) is 5.69. The molecule has 0 spiro atoms. The normalized spacial score (nSPS) is 17.1. The lowest BCUT2D eigenvalue weighted by Gasteiger charge is -2.35. The van der Waals surface area contributed by atoms with Gasteiger partial charge in [0.2, 0.25) is 5.91 Å². The maximum absolute atomic E-state index is 12.5. The third-order valence-corrected chi connectivity index (χ3v) is 4.98. The molecule has 1 unspecified atom stereocenters. The van der Waals surface area contributed by atoms with Gasteiger partial charge in [-0.15, -0.1) is 0 Å². The highest BCUT2D eigenvalue weighted by Gasteiger charge is 2.30. The van der Waals surface area contributed by atoms with E-state index in [1.165, 1.54) is 5.56 Å². The van der Waals surface area contributed by atoms with E-state index < -0.39 is 0 Å². The summed E-state index contributed by atoms with van der Waals surface area (Å²) in [4.78, 5) is 14.7. The number of benzene rings is 3. The van der Waals surface area contributed by atoms with E-state index in [1.807, 2.05) is 60.7 Å². The Balaban J connectivity index is 1.42. The van der Waals surface area contributed by atoms with Crippen LogP contribution in [0.5, 0.6) is 5.75 Å². The van der Waals surface area contributed by atoms with Gasteiger partial charge in [0.05, 0.1) is 0 Å². The molecule has 1 N–H and O–H groups in total. The molecule has 4 heteroatoms. The molecule has 0 aromatic heterocycles. The fourth-order valence-corrected chi connectivity index (χ4v) is 3.55.